The van der Waals surface area contributed by atoms with Gasteiger partial charge in [-0.15, -0.1) is 0 Å². The third-order valence-corrected chi connectivity index (χ3v) is 2.58. The molecular formula is C11H17BrN2. The first-order chi connectivity index (χ1) is 6.65. The van der Waals surface area contributed by atoms with Gasteiger partial charge < -0.3 is 10.2 Å². The average molecular weight is 257 g/mol. The standard InChI is InChI=1S/C11H17BrN2/c1-4-13-8-9-7-10(12)5-6-11(9)14(2)3/h5-7,13H,4,8H2,1-3H3. The molecule has 0 saturated heterocycles. The molecule has 2 nitrogen and oxygen atoms in total. The Hall–Kier alpha value is -0.540. The molecule has 0 unspecified atom stereocenters. The molecule has 0 atom stereocenters. The Bertz CT molecular complexity index is 297. The van der Waals surface area contributed by atoms with Crippen LogP contribution >= 0.6 is 15.9 Å². The van der Waals surface area contributed by atoms with E-state index in [4.69, 9.17) is 0 Å². The molecule has 0 aliphatic rings. The summed E-state index contributed by atoms with van der Waals surface area (Å²) in [5.74, 6) is 0. The number of nitrogens with one attached hydrogen (secondary N) is 1. The topological polar surface area (TPSA) is 15.3 Å². The lowest BCUT2D eigenvalue weighted by Crippen LogP contribution is -2.17. The lowest BCUT2D eigenvalue weighted by Gasteiger charge is -2.17. The first-order valence-electron chi connectivity index (χ1n) is 4.81. The number of nitrogens with zero attached hydrogens (tertiary/aromatic N) is 1. The molecule has 1 aromatic rings. The predicted molar refractivity (Wildman–Crippen MR) is 65.8 cm³/mol. The molecule has 0 radical (unpaired) electrons. The van der Waals surface area contributed by atoms with Gasteiger partial charge in [-0.25, -0.2) is 0 Å². The molecule has 78 valence electrons. The fourth-order valence-corrected chi connectivity index (χ4v) is 1.80. The molecule has 0 heterocycles. The molecule has 14 heavy (non-hydrogen) atoms. The molecule has 3 heteroatoms. The normalized spacial score (nSPS) is 10.3. The quantitative estimate of drug-likeness (QED) is 0.892. The maximum Gasteiger partial charge on any atom is 0.0407 e. The van der Waals surface area contributed by atoms with E-state index in [1.165, 1.54) is 11.3 Å². The molecule has 0 saturated carbocycles. The van der Waals surface area contributed by atoms with Crippen molar-refractivity contribution in [2.45, 2.75) is 13.5 Å². The molecule has 1 rings (SSSR count). The Morgan fingerprint density at radius 1 is 1.36 bits per heavy atom. The van der Waals surface area contributed by atoms with Crippen LogP contribution in [0.3, 0.4) is 0 Å². The summed E-state index contributed by atoms with van der Waals surface area (Å²) in [7, 11) is 4.14. The zero-order valence-electron chi connectivity index (χ0n) is 8.97. The minimum Gasteiger partial charge on any atom is -0.377 e. The number of halogens is 1. The zero-order valence-corrected chi connectivity index (χ0v) is 10.6. The summed E-state index contributed by atoms with van der Waals surface area (Å²) in [6.07, 6.45) is 0. The number of rotatable bonds is 4. The van der Waals surface area contributed by atoms with Crippen LogP contribution in [0.5, 0.6) is 0 Å². The van der Waals surface area contributed by atoms with E-state index in [0.29, 0.717) is 0 Å². The van der Waals surface area contributed by atoms with E-state index in [2.05, 4.69) is 65.4 Å². The van der Waals surface area contributed by atoms with Gasteiger partial charge in [0.2, 0.25) is 0 Å². The van der Waals surface area contributed by atoms with Crippen LogP contribution in [0.4, 0.5) is 5.69 Å². The van der Waals surface area contributed by atoms with Crippen molar-refractivity contribution in [3.8, 4) is 0 Å². The van der Waals surface area contributed by atoms with Crippen molar-refractivity contribution in [1.29, 1.82) is 0 Å². The Labute approximate surface area is 94.4 Å². The molecular weight excluding hydrogens is 240 g/mol. The number of benzene rings is 1. The van der Waals surface area contributed by atoms with Crippen molar-refractivity contribution in [2.75, 3.05) is 25.5 Å². The van der Waals surface area contributed by atoms with Crippen LogP contribution in [0.25, 0.3) is 0 Å². The van der Waals surface area contributed by atoms with Crippen molar-refractivity contribution in [1.82, 2.24) is 5.32 Å². The monoisotopic (exact) mass is 256 g/mol. The summed E-state index contributed by atoms with van der Waals surface area (Å²) in [5.41, 5.74) is 2.60. The molecule has 1 N–H and O–H groups in total. The first kappa shape index (κ1) is 11.5. The summed E-state index contributed by atoms with van der Waals surface area (Å²) in [6, 6.07) is 6.37. The van der Waals surface area contributed by atoms with Gasteiger partial charge in [-0.3, -0.25) is 0 Å². The SMILES string of the molecule is CCNCc1cc(Br)ccc1N(C)C. The van der Waals surface area contributed by atoms with Gasteiger partial charge >= 0.3 is 0 Å². The van der Waals surface area contributed by atoms with E-state index in [0.717, 1.165) is 17.6 Å². The van der Waals surface area contributed by atoms with Crippen LogP contribution < -0.4 is 10.2 Å². The predicted octanol–water partition coefficient (Wildman–Crippen LogP) is 2.62. The van der Waals surface area contributed by atoms with Crippen molar-refractivity contribution >= 4 is 21.6 Å². The molecule has 0 amide bonds. The zero-order chi connectivity index (χ0) is 10.6. The van der Waals surface area contributed by atoms with Crippen molar-refractivity contribution < 1.29 is 0 Å². The highest BCUT2D eigenvalue weighted by atomic mass is 79.9. The highest BCUT2D eigenvalue weighted by Crippen LogP contribution is 2.22. The van der Waals surface area contributed by atoms with Gasteiger partial charge in [-0.05, 0) is 30.3 Å². The smallest absolute Gasteiger partial charge is 0.0407 e. The first-order valence-corrected chi connectivity index (χ1v) is 5.61. The second-order valence-corrected chi connectivity index (χ2v) is 4.36. The Morgan fingerprint density at radius 3 is 2.64 bits per heavy atom. The Morgan fingerprint density at radius 2 is 2.07 bits per heavy atom. The third kappa shape index (κ3) is 3.00. The highest BCUT2D eigenvalue weighted by Gasteiger charge is 2.04. The Balaban J connectivity index is 2.91. The Kier molecular flexibility index (Phi) is 4.42. The minimum absolute atomic E-state index is 0.920. The van der Waals surface area contributed by atoms with E-state index >= 15 is 0 Å². The van der Waals surface area contributed by atoms with Gasteiger partial charge in [0, 0.05) is 30.8 Å². The van der Waals surface area contributed by atoms with Gasteiger partial charge in [-0.1, -0.05) is 22.9 Å². The summed E-state index contributed by atoms with van der Waals surface area (Å²) < 4.78 is 1.14. The van der Waals surface area contributed by atoms with Crippen LogP contribution in [0.1, 0.15) is 12.5 Å². The van der Waals surface area contributed by atoms with Crippen LogP contribution in [-0.4, -0.2) is 20.6 Å². The van der Waals surface area contributed by atoms with Crippen LogP contribution in [0, 0.1) is 0 Å². The minimum atomic E-state index is 0.920. The maximum atomic E-state index is 3.49. The van der Waals surface area contributed by atoms with E-state index < -0.39 is 0 Å². The summed E-state index contributed by atoms with van der Waals surface area (Å²) >= 11 is 3.49. The molecule has 0 spiro atoms. The van der Waals surface area contributed by atoms with Gasteiger partial charge in [0.05, 0.1) is 0 Å². The fourth-order valence-electron chi connectivity index (χ4n) is 1.39. The molecule has 0 bridgehead atoms. The third-order valence-electron chi connectivity index (χ3n) is 2.09. The summed E-state index contributed by atoms with van der Waals surface area (Å²) in [5, 5.41) is 3.34. The van der Waals surface area contributed by atoms with Crippen molar-refractivity contribution in [3.05, 3.63) is 28.2 Å². The number of hydrogen-bond acceptors (Lipinski definition) is 2. The van der Waals surface area contributed by atoms with Crippen LogP contribution in [-0.2, 0) is 6.54 Å². The number of anilines is 1. The fraction of sp³-hybridized carbons (Fsp3) is 0.455. The van der Waals surface area contributed by atoms with E-state index in [1.54, 1.807) is 0 Å². The van der Waals surface area contributed by atoms with Crippen LogP contribution in [0.2, 0.25) is 0 Å². The second kappa shape index (κ2) is 5.37. The molecule has 1 aromatic carbocycles. The van der Waals surface area contributed by atoms with E-state index in [9.17, 15) is 0 Å². The van der Waals surface area contributed by atoms with Crippen LogP contribution in [0.15, 0.2) is 22.7 Å². The molecule has 0 fully saturated rings. The largest absolute Gasteiger partial charge is 0.377 e. The summed E-state index contributed by atoms with van der Waals surface area (Å²) in [4.78, 5) is 2.14. The second-order valence-electron chi connectivity index (χ2n) is 3.45. The number of hydrogen-bond donors (Lipinski definition) is 1. The highest BCUT2D eigenvalue weighted by molar-refractivity contribution is 9.10. The van der Waals surface area contributed by atoms with E-state index in [1.807, 2.05) is 0 Å². The maximum absolute atomic E-state index is 3.49. The van der Waals surface area contributed by atoms with E-state index in [-0.39, 0.29) is 0 Å². The lowest BCUT2D eigenvalue weighted by atomic mass is 10.1. The van der Waals surface area contributed by atoms with Crippen molar-refractivity contribution in [3.63, 3.8) is 0 Å². The molecule has 0 aromatic heterocycles. The van der Waals surface area contributed by atoms with Crippen molar-refractivity contribution in [2.24, 2.45) is 0 Å². The van der Waals surface area contributed by atoms with Gasteiger partial charge in [-0.2, -0.15) is 0 Å². The average Bonchev–Trinajstić information content (AvgIpc) is 2.14. The molecule has 0 aliphatic heterocycles. The van der Waals surface area contributed by atoms with Gasteiger partial charge in [0.15, 0.2) is 0 Å². The lowest BCUT2D eigenvalue weighted by molar-refractivity contribution is 0.725. The summed E-state index contributed by atoms with van der Waals surface area (Å²) in [6.45, 7) is 4.04. The van der Waals surface area contributed by atoms with Gasteiger partial charge in [0.25, 0.3) is 0 Å². The van der Waals surface area contributed by atoms with Gasteiger partial charge in [0.1, 0.15) is 0 Å². The molecule has 0 aliphatic carbocycles.